The first-order valence-corrected chi connectivity index (χ1v) is 8.89. The highest BCUT2D eigenvalue weighted by Gasteiger charge is 2.25. The highest BCUT2D eigenvalue weighted by molar-refractivity contribution is 7.89. The Morgan fingerprint density at radius 1 is 1.23 bits per heavy atom. The zero-order valence-corrected chi connectivity index (χ0v) is 13.1. The molecule has 1 fully saturated rings. The van der Waals surface area contributed by atoms with Crippen molar-refractivity contribution in [2.75, 3.05) is 13.1 Å². The van der Waals surface area contributed by atoms with Crippen LogP contribution in [-0.2, 0) is 16.6 Å². The molecular formula is C15H20N4O2S. The second-order valence-corrected chi connectivity index (χ2v) is 7.26. The summed E-state index contributed by atoms with van der Waals surface area (Å²) in [7, 11) is -3.48. The fourth-order valence-corrected chi connectivity index (χ4v) is 3.93. The molecule has 1 aromatic carbocycles. The third-order valence-corrected chi connectivity index (χ3v) is 5.37. The van der Waals surface area contributed by atoms with E-state index >= 15 is 0 Å². The lowest BCUT2D eigenvalue weighted by Crippen LogP contribution is -2.44. The Balaban J connectivity index is 1.52. The van der Waals surface area contributed by atoms with Crippen LogP contribution in [0.25, 0.3) is 0 Å². The van der Waals surface area contributed by atoms with Crippen molar-refractivity contribution in [1.82, 2.24) is 19.6 Å². The first-order valence-electron chi connectivity index (χ1n) is 7.40. The van der Waals surface area contributed by atoms with Crippen LogP contribution < -0.4 is 4.72 Å². The Bertz CT molecular complexity index is 678. The number of likely N-dealkylation sites (tertiary alicyclic amines) is 1. The number of H-pyrrole nitrogens is 1. The van der Waals surface area contributed by atoms with Gasteiger partial charge in [-0.2, -0.15) is 0 Å². The SMILES string of the molecule is O=S(=O)(NC1CCN(Cc2ccccc2)CC1)c1cnc[nH]1. The Morgan fingerprint density at radius 3 is 2.59 bits per heavy atom. The molecule has 2 N–H and O–H groups in total. The lowest BCUT2D eigenvalue weighted by atomic mass is 10.1. The number of hydrogen-bond donors (Lipinski definition) is 2. The lowest BCUT2D eigenvalue weighted by molar-refractivity contribution is 0.200. The number of hydrogen-bond acceptors (Lipinski definition) is 4. The molecular weight excluding hydrogens is 300 g/mol. The van der Waals surface area contributed by atoms with Gasteiger partial charge in [0.1, 0.15) is 0 Å². The van der Waals surface area contributed by atoms with Crippen molar-refractivity contribution in [2.45, 2.75) is 30.5 Å². The van der Waals surface area contributed by atoms with E-state index in [1.807, 2.05) is 18.2 Å². The van der Waals surface area contributed by atoms with Gasteiger partial charge in [0.2, 0.25) is 0 Å². The average Bonchev–Trinajstić information content (AvgIpc) is 3.05. The van der Waals surface area contributed by atoms with Gasteiger partial charge in [0, 0.05) is 25.7 Å². The molecule has 2 heterocycles. The quantitative estimate of drug-likeness (QED) is 0.872. The smallest absolute Gasteiger partial charge is 0.257 e. The number of rotatable bonds is 5. The van der Waals surface area contributed by atoms with Crippen molar-refractivity contribution in [3.8, 4) is 0 Å². The van der Waals surface area contributed by atoms with E-state index in [0.717, 1.165) is 32.5 Å². The van der Waals surface area contributed by atoms with Gasteiger partial charge >= 0.3 is 0 Å². The van der Waals surface area contributed by atoms with Crippen molar-refractivity contribution < 1.29 is 8.42 Å². The highest BCUT2D eigenvalue weighted by atomic mass is 32.2. The topological polar surface area (TPSA) is 78.1 Å². The van der Waals surface area contributed by atoms with E-state index in [2.05, 4.69) is 31.7 Å². The van der Waals surface area contributed by atoms with Crippen molar-refractivity contribution in [2.24, 2.45) is 0 Å². The third kappa shape index (κ3) is 3.73. The average molecular weight is 320 g/mol. The Kier molecular flexibility index (Phi) is 4.56. The van der Waals surface area contributed by atoms with Crippen LogP contribution in [0.2, 0.25) is 0 Å². The minimum Gasteiger partial charge on any atom is -0.335 e. The number of nitrogens with one attached hydrogen (secondary N) is 2. The van der Waals surface area contributed by atoms with Crippen LogP contribution in [0, 0.1) is 0 Å². The largest absolute Gasteiger partial charge is 0.335 e. The molecule has 0 spiro atoms. The number of sulfonamides is 1. The minimum absolute atomic E-state index is 0.0136. The molecule has 0 saturated carbocycles. The molecule has 0 radical (unpaired) electrons. The summed E-state index contributed by atoms with van der Waals surface area (Å²) in [6.07, 6.45) is 4.34. The monoisotopic (exact) mass is 320 g/mol. The van der Waals surface area contributed by atoms with Gasteiger partial charge in [0.05, 0.1) is 12.5 Å². The van der Waals surface area contributed by atoms with Gasteiger partial charge in [-0.15, -0.1) is 0 Å². The maximum absolute atomic E-state index is 12.1. The van der Waals surface area contributed by atoms with Crippen LogP contribution in [-0.4, -0.2) is 42.4 Å². The van der Waals surface area contributed by atoms with E-state index in [1.54, 1.807) is 0 Å². The molecule has 1 aromatic heterocycles. The van der Waals surface area contributed by atoms with Gasteiger partial charge in [0.25, 0.3) is 10.0 Å². The highest BCUT2D eigenvalue weighted by Crippen LogP contribution is 2.15. The number of imidazole rings is 1. The van der Waals surface area contributed by atoms with Crippen LogP contribution in [0.3, 0.4) is 0 Å². The van der Waals surface area contributed by atoms with Crippen LogP contribution in [0.5, 0.6) is 0 Å². The second kappa shape index (κ2) is 6.60. The molecule has 22 heavy (non-hydrogen) atoms. The van der Waals surface area contributed by atoms with E-state index in [-0.39, 0.29) is 11.1 Å². The van der Waals surface area contributed by atoms with Crippen molar-refractivity contribution in [3.63, 3.8) is 0 Å². The van der Waals surface area contributed by atoms with Crippen molar-refractivity contribution in [1.29, 1.82) is 0 Å². The second-order valence-electron chi connectivity index (χ2n) is 5.57. The molecule has 0 amide bonds. The molecule has 0 bridgehead atoms. The lowest BCUT2D eigenvalue weighted by Gasteiger charge is -2.32. The van der Waals surface area contributed by atoms with Gasteiger partial charge in [-0.25, -0.2) is 18.1 Å². The number of nitrogens with zero attached hydrogens (tertiary/aromatic N) is 2. The van der Waals surface area contributed by atoms with Gasteiger partial charge in [0.15, 0.2) is 5.03 Å². The Morgan fingerprint density at radius 2 is 1.95 bits per heavy atom. The molecule has 6 nitrogen and oxygen atoms in total. The molecule has 1 aliphatic rings. The van der Waals surface area contributed by atoms with Gasteiger partial charge in [-0.05, 0) is 18.4 Å². The number of aromatic amines is 1. The maximum Gasteiger partial charge on any atom is 0.257 e. The fourth-order valence-electron chi connectivity index (χ4n) is 2.72. The normalized spacial score (nSPS) is 17.6. The first-order chi connectivity index (χ1) is 10.6. The maximum atomic E-state index is 12.1. The van der Waals surface area contributed by atoms with Crippen LogP contribution in [0.1, 0.15) is 18.4 Å². The fraction of sp³-hybridized carbons (Fsp3) is 0.400. The van der Waals surface area contributed by atoms with Gasteiger partial charge < -0.3 is 4.98 Å². The summed E-state index contributed by atoms with van der Waals surface area (Å²) in [5.74, 6) is 0. The first kappa shape index (κ1) is 15.2. The molecule has 0 aliphatic carbocycles. The van der Waals surface area contributed by atoms with E-state index in [1.165, 1.54) is 18.1 Å². The van der Waals surface area contributed by atoms with E-state index in [9.17, 15) is 8.42 Å². The summed E-state index contributed by atoms with van der Waals surface area (Å²) in [5, 5.41) is 0.124. The summed E-state index contributed by atoms with van der Waals surface area (Å²) in [6, 6.07) is 10.3. The third-order valence-electron chi connectivity index (χ3n) is 3.92. The zero-order chi connectivity index (χ0) is 15.4. The predicted octanol–water partition coefficient (Wildman–Crippen LogP) is 1.35. The molecule has 0 atom stereocenters. The summed E-state index contributed by atoms with van der Waals surface area (Å²) >= 11 is 0. The molecule has 118 valence electrons. The van der Waals surface area contributed by atoms with Crippen LogP contribution in [0.4, 0.5) is 0 Å². The Hall–Kier alpha value is -1.70. The van der Waals surface area contributed by atoms with E-state index < -0.39 is 10.0 Å². The number of aromatic nitrogens is 2. The van der Waals surface area contributed by atoms with Crippen LogP contribution in [0.15, 0.2) is 47.9 Å². The Labute approximate surface area is 130 Å². The van der Waals surface area contributed by atoms with Crippen molar-refractivity contribution >= 4 is 10.0 Å². The van der Waals surface area contributed by atoms with Gasteiger partial charge in [-0.3, -0.25) is 4.90 Å². The van der Waals surface area contributed by atoms with Crippen LogP contribution >= 0.6 is 0 Å². The summed E-state index contributed by atoms with van der Waals surface area (Å²) in [5.41, 5.74) is 1.29. The van der Waals surface area contributed by atoms with E-state index in [4.69, 9.17) is 0 Å². The molecule has 0 unspecified atom stereocenters. The summed E-state index contributed by atoms with van der Waals surface area (Å²) in [6.45, 7) is 2.71. The van der Waals surface area contributed by atoms with E-state index in [0.29, 0.717) is 0 Å². The standard InChI is InChI=1S/C15H20N4O2S/c20-22(21,15-10-16-12-17-15)18-14-6-8-19(9-7-14)11-13-4-2-1-3-5-13/h1-5,10,12,14,18H,6-9,11H2,(H,16,17). The molecule has 3 rings (SSSR count). The van der Waals surface area contributed by atoms with Crippen molar-refractivity contribution in [3.05, 3.63) is 48.4 Å². The number of benzene rings is 1. The predicted molar refractivity (Wildman–Crippen MR) is 83.7 cm³/mol. The summed E-state index contributed by atoms with van der Waals surface area (Å²) < 4.78 is 27.0. The molecule has 1 aliphatic heterocycles. The molecule has 7 heteroatoms. The van der Waals surface area contributed by atoms with Gasteiger partial charge in [-0.1, -0.05) is 30.3 Å². The zero-order valence-electron chi connectivity index (χ0n) is 12.3. The molecule has 2 aromatic rings. The summed E-state index contributed by atoms with van der Waals surface area (Å²) in [4.78, 5) is 8.75. The minimum atomic E-state index is -3.48. The molecule has 1 saturated heterocycles. The number of piperidine rings is 1.